The van der Waals surface area contributed by atoms with Crippen molar-refractivity contribution >= 4 is 10.8 Å². The van der Waals surface area contributed by atoms with Crippen LogP contribution in [0.15, 0.2) is 78.9 Å². The fourth-order valence-electron chi connectivity index (χ4n) is 4.79. The second-order valence-electron chi connectivity index (χ2n) is 10.4. The number of hydrogen-bond donors (Lipinski definition) is 0. The number of unbranched alkanes of at least 4 members (excludes halogenated alkanes) is 6. The molecule has 0 fully saturated rings. The zero-order valence-electron chi connectivity index (χ0n) is 23.5. The summed E-state index contributed by atoms with van der Waals surface area (Å²) in [6.07, 6.45) is 11.7. The summed E-state index contributed by atoms with van der Waals surface area (Å²) in [5.41, 5.74) is 6.02. The summed E-state index contributed by atoms with van der Waals surface area (Å²) in [5.74, 6) is 12.9. The fraction of sp³-hybridized carbons (Fsp3) is 0.316. The second-order valence-corrected chi connectivity index (χ2v) is 10.4. The van der Waals surface area contributed by atoms with E-state index in [0.29, 0.717) is 5.39 Å². The molecule has 0 bridgehead atoms. The van der Waals surface area contributed by atoms with E-state index in [1.807, 2.05) is 54.6 Å². The number of halogens is 1. The third-order valence-corrected chi connectivity index (χ3v) is 7.19. The van der Waals surface area contributed by atoms with Gasteiger partial charge < -0.3 is 0 Å². The molecule has 0 aromatic heterocycles. The highest BCUT2D eigenvalue weighted by Gasteiger charge is 2.07. The number of hydrogen-bond acceptors (Lipinski definition) is 0. The molecule has 0 saturated heterocycles. The van der Waals surface area contributed by atoms with Crippen LogP contribution >= 0.6 is 0 Å². The first kappa shape index (κ1) is 28.2. The average Bonchev–Trinajstić information content (AvgIpc) is 2.97. The van der Waals surface area contributed by atoms with Crippen LogP contribution in [0.25, 0.3) is 10.8 Å². The first-order chi connectivity index (χ1) is 19.2. The van der Waals surface area contributed by atoms with Crippen molar-refractivity contribution in [2.45, 2.75) is 78.1 Å². The van der Waals surface area contributed by atoms with E-state index in [0.717, 1.165) is 58.9 Å². The van der Waals surface area contributed by atoms with E-state index in [9.17, 15) is 0 Å². The summed E-state index contributed by atoms with van der Waals surface area (Å²) >= 11 is 0. The molecule has 0 amide bonds. The first-order valence-electron chi connectivity index (χ1n) is 14.6. The Morgan fingerprint density at radius 3 is 1.62 bits per heavy atom. The third-order valence-electron chi connectivity index (χ3n) is 7.19. The van der Waals surface area contributed by atoms with Crippen LogP contribution in [0.5, 0.6) is 0 Å². The molecular weight excluding hydrogens is 475 g/mol. The van der Waals surface area contributed by atoms with Crippen molar-refractivity contribution in [2.24, 2.45) is 0 Å². The minimum atomic E-state index is -0.0847. The highest BCUT2D eigenvalue weighted by Crippen LogP contribution is 2.24. The van der Waals surface area contributed by atoms with Gasteiger partial charge in [-0.1, -0.05) is 106 Å². The van der Waals surface area contributed by atoms with E-state index in [1.54, 1.807) is 0 Å². The highest BCUT2D eigenvalue weighted by atomic mass is 19.1. The van der Waals surface area contributed by atoms with Gasteiger partial charge in [0.15, 0.2) is 0 Å². The largest absolute Gasteiger partial charge is 0.206 e. The summed E-state index contributed by atoms with van der Waals surface area (Å²) in [5, 5.41) is 1.57. The van der Waals surface area contributed by atoms with Gasteiger partial charge in [0.1, 0.15) is 5.82 Å². The number of rotatable bonds is 10. The smallest absolute Gasteiger partial charge is 0.134 e. The molecule has 0 unspecified atom stereocenters. The molecule has 0 nitrogen and oxygen atoms in total. The number of fused-ring (bicyclic) bond motifs is 1. The summed E-state index contributed by atoms with van der Waals surface area (Å²) < 4.78 is 15.0. The van der Waals surface area contributed by atoms with Crippen LogP contribution in [-0.4, -0.2) is 0 Å². The van der Waals surface area contributed by atoms with Crippen LogP contribution in [0.1, 0.15) is 98.6 Å². The zero-order valence-corrected chi connectivity index (χ0v) is 23.5. The van der Waals surface area contributed by atoms with Gasteiger partial charge in [-0.05, 0) is 90.7 Å². The SMILES string of the molecule is CCCCCCc1ccc(C#Cc2ccc(C#Cc3ccc4c(F)c(CCCCCC)ccc4c3)cc2)cc1. The van der Waals surface area contributed by atoms with E-state index in [2.05, 4.69) is 61.8 Å². The maximum Gasteiger partial charge on any atom is 0.134 e. The molecule has 4 aromatic rings. The van der Waals surface area contributed by atoms with E-state index in [4.69, 9.17) is 0 Å². The number of aryl methyl sites for hydroxylation is 2. The van der Waals surface area contributed by atoms with Crippen LogP contribution in [0.4, 0.5) is 4.39 Å². The van der Waals surface area contributed by atoms with E-state index in [-0.39, 0.29) is 5.82 Å². The summed E-state index contributed by atoms with van der Waals surface area (Å²) in [7, 11) is 0. The normalized spacial score (nSPS) is 10.5. The Bertz CT molecular complexity index is 1470. The minimum absolute atomic E-state index is 0.0847. The molecule has 0 spiro atoms. The van der Waals surface area contributed by atoms with Gasteiger partial charge in [-0.15, -0.1) is 0 Å². The molecular formula is C38H39F. The summed E-state index contributed by atoms with van der Waals surface area (Å²) in [6, 6.07) is 26.4. The van der Waals surface area contributed by atoms with Crippen LogP contribution in [0.2, 0.25) is 0 Å². The van der Waals surface area contributed by atoms with Crippen molar-refractivity contribution in [1.82, 2.24) is 0 Å². The molecule has 198 valence electrons. The maximum atomic E-state index is 15.0. The van der Waals surface area contributed by atoms with Crippen molar-refractivity contribution in [2.75, 3.05) is 0 Å². The molecule has 0 saturated carbocycles. The van der Waals surface area contributed by atoms with Crippen LogP contribution in [0, 0.1) is 29.5 Å². The molecule has 0 radical (unpaired) electrons. The summed E-state index contributed by atoms with van der Waals surface area (Å²) in [4.78, 5) is 0. The third kappa shape index (κ3) is 8.60. The Morgan fingerprint density at radius 2 is 1.03 bits per heavy atom. The highest BCUT2D eigenvalue weighted by molar-refractivity contribution is 5.85. The predicted molar refractivity (Wildman–Crippen MR) is 164 cm³/mol. The predicted octanol–water partition coefficient (Wildman–Crippen LogP) is 10.0. The van der Waals surface area contributed by atoms with Gasteiger partial charge in [0, 0.05) is 27.6 Å². The Kier molecular flexibility index (Phi) is 10.8. The van der Waals surface area contributed by atoms with Gasteiger partial charge in [-0.3, -0.25) is 0 Å². The monoisotopic (exact) mass is 514 g/mol. The van der Waals surface area contributed by atoms with Crippen LogP contribution < -0.4 is 0 Å². The fourth-order valence-corrected chi connectivity index (χ4v) is 4.79. The van der Waals surface area contributed by atoms with E-state index < -0.39 is 0 Å². The van der Waals surface area contributed by atoms with Crippen molar-refractivity contribution in [3.05, 3.63) is 118 Å². The summed E-state index contributed by atoms with van der Waals surface area (Å²) in [6.45, 7) is 4.44. The van der Waals surface area contributed by atoms with Crippen molar-refractivity contribution in [3.63, 3.8) is 0 Å². The second kappa shape index (κ2) is 15.0. The van der Waals surface area contributed by atoms with E-state index in [1.165, 1.54) is 44.1 Å². The lowest BCUT2D eigenvalue weighted by atomic mass is 10.00. The molecule has 1 heteroatoms. The van der Waals surface area contributed by atoms with Gasteiger partial charge in [-0.25, -0.2) is 4.39 Å². The van der Waals surface area contributed by atoms with Crippen LogP contribution in [-0.2, 0) is 12.8 Å². The molecule has 0 heterocycles. The molecule has 4 aromatic carbocycles. The Labute approximate surface area is 234 Å². The molecule has 0 aliphatic heterocycles. The van der Waals surface area contributed by atoms with Gasteiger partial charge >= 0.3 is 0 Å². The van der Waals surface area contributed by atoms with Crippen LogP contribution in [0.3, 0.4) is 0 Å². The molecule has 0 aliphatic rings. The van der Waals surface area contributed by atoms with E-state index >= 15 is 4.39 Å². The molecule has 0 N–H and O–H groups in total. The minimum Gasteiger partial charge on any atom is -0.206 e. The van der Waals surface area contributed by atoms with Gasteiger partial charge in [0.25, 0.3) is 0 Å². The van der Waals surface area contributed by atoms with Crippen molar-refractivity contribution in [3.8, 4) is 23.7 Å². The maximum absolute atomic E-state index is 15.0. The first-order valence-corrected chi connectivity index (χ1v) is 14.6. The lowest BCUT2D eigenvalue weighted by molar-refractivity contribution is 0.603. The lowest BCUT2D eigenvalue weighted by Gasteiger charge is -2.07. The number of benzene rings is 4. The molecule has 4 rings (SSSR count). The lowest BCUT2D eigenvalue weighted by Crippen LogP contribution is -1.93. The topological polar surface area (TPSA) is 0 Å². The Morgan fingerprint density at radius 1 is 0.513 bits per heavy atom. The molecule has 0 atom stereocenters. The Balaban J connectivity index is 1.36. The molecule has 0 aliphatic carbocycles. The zero-order chi connectivity index (χ0) is 27.3. The Hall–Kier alpha value is -3.81. The molecule has 39 heavy (non-hydrogen) atoms. The van der Waals surface area contributed by atoms with Gasteiger partial charge in [0.05, 0.1) is 0 Å². The van der Waals surface area contributed by atoms with Crippen molar-refractivity contribution < 1.29 is 4.39 Å². The van der Waals surface area contributed by atoms with Crippen molar-refractivity contribution in [1.29, 1.82) is 0 Å². The quantitative estimate of drug-likeness (QED) is 0.146. The van der Waals surface area contributed by atoms with Gasteiger partial charge in [0.2, 0.25) is 0 Å². The standard InChI is InChI=1S/C38H39F/c1-3-5-7-9-11-30-13-15-31(16-14-30)17-18-32-19-21-33(22-20-32)23-24-34-25-28-37-36(29-34)27-26-35(38(37)39)12-10-8-6-4-2/h13-16,19-22,25-29H,3-12H2,1-2H3. The van der Waals surface area contributed by atoms with Gasteiger partial charge in [-0.2, -0.15) is 0 Å². The average molecular weight is 515 g/mol.